The highest BCUT2D eigenvalue weighted by atomic mass is 79.9. The molecule has 2 rings (SSSR count). The summed E-state index contributed by atoms with van der Waals surface area (Å²) in [4.78, 5) is 0. The fourth-order valence-corrected chi connectivity index (χ4v) is 2.22. The van der Waals surface area contributed by atoms with Crippen molar-refractivity contribution in [3.63, 3.8) is 0 Å². The highest BCUT2D eigenvalue weighted by Gasteiger charge is 2.33. The van der Waals surface area contributed by atoms with Crippen LogP contribution in [0.2, 0.25) is 0 Å². The molecule has 20 heavy (non-hydrogen) atoms. The number of hydrogen-bond donors (Lipinski definition) is 2. The summed E-state index contributed by atoms with van der Waals surface area (Å²) in [5.74, 6) is 0. The quantitative estimate of drug-likeness (QED) is 0.743. The third-order valence-electron chi connectivity index (χ3n) is 2.81. The van der Waals surface area contributed by atoms with Gasteiger partial charge in [0.1, 0.15) is 0 Å². The first-order valence-corrected chi connectivity index (χ1v) is 6.56. The van der Waals surface area contributed by atoms with Crippen LogP contribution in [-0.4, -0.2) is 0 Å². The summed E-state index contributed by atoms with van der Waals surface area (Å²) in [6, 6.07) is 9.23. The summed E-state index contributed by atoms with van der Waals surface area (Å²) < 4.78 is 38.5. The van der Waals surface area contributed by atoms with E-state index >= 15 is 0 Å². The van der Waals surface area contributed by atoms with Crippen LogP contribution < -0.4 is 11.1 Å². The molecule has 0 radical (unpaired) electrons. The maximum absolute atomic E-state index is 12.8. The van der Waals surface area contributed by atoms with Crippen LogP contribution in [0.15, 0.2) is 40.9 Å². The third kappa shape index (κ3) is 3.25. The predicted molar refractivity (Wildman–Crippen MR) is 78.0 cm³/mol. The van der Waals surface area contributed by atoms with Crippen LogP contribution in [0.3, 0.4) is 0 Å². The molecule has 0 atom stereocenters. The number of hydrogen-bond acceptors (Lipinski definition) is 2. The van der Waals surface area contributed by atoms with Crippen LogP contribution in [0.25, 0.3) is 0 Å². The van der Waals surface area contributed by atoms with Gasteiger partial charge in [-0.25, -0.2) is 0 Å². The van der Waals surface area contributed by atoms with E-state index in [2.05, 4.69) is 21.2 Å². The molecule has 0 spiro atoms. The van der Waals surface area contributed by atoms with Gasteiger partial charge in [0.25, 0.3) is 0 Å². The molecular weight excluding hydrogens is 333 g/mol. The highest BCUT2D eigenvalue weighted by molar-refractivity contribution is 9.10. The van der Waals surface area contributed by atoms with E-state index in [9.17, 15) is 13.2 Å². The lowest BCUT2D eigenvalue weighted by Crippen LogP contribution is -2.07. The first-order valence-electron chi connectivity index (χ1n) is 5.77. The van der Waals surface area contributed by atoms with Crippen LogP contribution in [0.4, 0.5) is 30.2 Å². The van der Waals surface area contributed by atoms with Crippen LogP contribution in [0.5, 0.6) is 0 Å². The third-order valence-corrected chi connectivity index (χ3v) is 3.50. The van der Waals surface area contributed by atoms with Crippen molar-refractivity contribution in [1.82, 2.24) is 0 Å². The van der Waals surface area contributed by atoms with Gasteiger partial charge in [-0.3, -0.25) is 0 Å². The van der Waals surface area contributed by atoms with E-state index < -0.39 is 11.7 Å². The molecule has 0 saturated carbocycles. The van der Waals surface area contributed by atoms with E-state index in [0.29, 0.717) is 17.1 Å². The van der Waals surface area contributed by atoms with Gasteiger partial charge in [0.05, 0.1) is 5.56 Å². The first kappa shape index (κ1) is 14.7. The van der Waals surface area contributed by atoms with Gasteiger partial charge in [-0.15, -0.1) is 0 Å². The Balaban J connectivity index is 2.37. The maximum atomic E-state index is 12.8. The molecule has 3 N–H and O–H groups in total. The van der Waals surface area contributed by atoms with E-state index in [1.54, 1.807) is 24.3 Å². The molecule has 0 aliphatic heterocycles. The topological polar surface area (TPSA) is 38.0 Å². The SMILES string of the molecule is Cc1ccc(N)cc1Nc1ccc(Br)c(C(F)(F)F)c1. The van der Waals surface area contributed by atoms with Crippen molar-refractivity contribution in [2.45, 2.75) is 13.1 Å². The summed E-state index contributed by atoms with van der Waals surface area (Å²) in [6.45, 7) is 1.85. The van der Waals surface area contributed by atoms with Crippen molar-refractivity contribution in [2.75, 3.05) is 11.1 Å². The number of nitrogens with two attached hydrogens (primary N) is 1. The predicted octanol–water partition coefficient (Wildman–Crippen LogP) is 5.10. The van der Waals surface area contributed by atoms with Crippen molar-refractivity contribution >= 4 is 33.0 Å². The van der Waals surface area contributed by atoms with Crippen molar-refractivity contribution in [1.29, 1.82) is 0 Å². The molecule has 6 heteroatoms. The first-order chi connectivity index (χ1) is 9.27. The smallest absolute Gasteiger partial charge is 0.399 e. The van der Waals surface area contributed by atoms with E-state index in [1.165, 1.54) is 6.07 Å². The van der Waals surface area contributed by atoms with E-state index in [0.717, 1.165) is 11.6 Å². The fraction of sp³-hybridized carbons (Fsp3) is 0.143. The lowest BCUT2D eigenvalue weighted by molar-refractivity contribution is -0.138. The molecule has 2 aromatic rings. The molecule has 0 bridgehead atoms. The van der Waals surface area contributed by atoms with Crippen molar-refractivity contribution in [3.8, 4) is 0 Å². The van der Waals surface area contributed by atoms with Gasteiger partial charge >= 0.3 is 6.18 Å². The molecule has 0 aliphatic carbocycles. The molecular formula is C14H12BrF3N2. The van der Waals surface area contributed by atoms with Gasteiger partial charge in [0.15, 0.2) is 0 Å². The highest BCUT2D eigenvalue weighted by Crippen LogP contribution is 2.37. The lowest BCUT2D eigenvalue weighted by Gasteiger charge is -2.14. The number of nitrogen functional groups attached to an aromatic ring is 1. The molecule has 0 unspecified atom stereocenters. The van der Waals surface area contributed by atoms with Crippen molar-refractivity contribution in [3.05, 3.63) is 52.0 Å². The molecule has 0 heterocycles. The Bertz CT molecular complexity index is 639. The molecule has 0 amide bonds. The summed E-state index contributed by atoms with van der Waals surface area (Å²) in [5, 5.41) is 2.95. The van der Waals surface area contributed by atoms with E-state index in [-0.39, 0.29) is 4.47 Å². The second-order valence-electron chi connectivity index (χ2n) is 4.39. The number of nitrogens with one attached hydrogen (secondary N) is 1. The Kier molecular flexibility index (Phi) is 3.94. The Hall–Kier alpha value is -1.69. The summed E-state index contributed by atoms with van der Waals surface area (Å²) in [7, 11) is 0. The zero-order valence-electron chi connectivity index (χ0n) is 10.6. The van der Waals surface area contributed by atoms with Gasteiger partial charge < -0.3 is 11.1 Å². The van der Waals surface area contributed by atoms with Crippen LogP contribution >= 0.6 is 15.9 Å². The van der Waals surface area contributed by atoms with Crippen molar-refractivity contribution in [2.24, 2.45) is 0 Å². The van der Waals surface area contributed by atoms with Gasteiger partial charge in [-0.05, 0) is 42.8 Å². The maximum Gasteiger partial charge on any atom is 0.417 e. The standard InChI is InChI=1S/C14H12BrF3N2/c1-8-2-3-9(19)6-13(8)20-10-4-5-12(15)11(7-10)14(16,17)18/h2-7,20H,19H2,1H3. The Morgan fingerprint density at radius 2 is 1.80 bits per heavy atom. The molecule has 0 fully saturated rings. The minimum absolute atomic E-state index is 0.0137. The van der Waals surface area contributed by atoms with Crippen LogP contribution in [0.1, 0.15) is 11.1 Å². The van der Waals surface area contributed by atoms with E-state index in [1.807, 2.05) is 6.92 Å². The Labute approximate surface area is 122 Å². The normalized spacial score (nSPS) is 11.4. The largest absolute Gasteiger partial charge is 0.417 e. The van der Waals surface area contributed by atoms with Gasteiger partial charge in [-0.2, -0.15) is 13.2 Å². The van der Waals surface area contributed by atoms with Crippen molar-refractivity contribution < 1.29 is 13.2 Å². The average molecular weight is 345 g/mol. The van der Waals surface area contributed by atoms with Gasteiger partial charge in [0.2, 0.25) is 0 Å². The number of anilines is 3. The fourth-order valence-electron chi connectivity index (χ4n) is 1.75. The second kappa shape index (κ2) is 5.36. The summed E-state index contributed by atoms with van der Waals surface area (Å²) in [5.41, 5.74) is 7.44. The zero-order valence-corrected chi connectivity index (χ0v) is 12.1. The van der Waals surface area contributed by atoms with E-state index in [4.69, 9.17) is 5.73 Å². The minimum atomic E-state index is -4.40. The monoisotopic (exact) mass is 344 g/mol. The van der Waals surface area contributed by atoms with Gasteiger partial charge in [0, 0.05) is 21.5 Å². The summed E-state index contributed by atoms with van der Waals surface area (Å²) >= 11 is 2.91. The number of aryl methyl sites for hydroxylation is 1. The number of alkyl halides is 3. The average Bonchev–Trinajstić information content (AvgIpc) is 2.35. The Morgan fingerprint density at radius 3 is 2.45 bits per heavy atom. The zero-order chi connectivity index (χ0) is 14.9. The Morgan fingerprint density at radius 1 is 1.10 bits per heavy atom. The lowest BCUT2D eigenvalue weighted by atomic mass is 10.1. The molecule has 2 aromatic carbocycles. The number of halogens is 4. The molecule has 106 valence electrons. The van der Waals surface area contributed by atoms with Crippen LogP contribution in [-0.2, 0) is 6.18 Å². The molecule has 0 saturated heterocycles. The minimum Gasteiger partial charge on any atom is -0.399 e. The van der Waals surface area contributed by atoms with Crippen LogP contribution in [0, 0.1) is 6.92 Å². The second-order valence-corrected chi connectivity index (χ2v) is 5.25. The molecule has 0 aliphatic rings. The molecule has 2 nitrogen and oxygen atoms in total. The number of rotatable bonds is 2. The number of benzene rings is 2. The molecule has 0 aromatic heterocycles. The van der Waals surface area contributed by atoms with Gasteiger partial charge in [-0.1, -0.05) is 22.0 Å². The summed E-state index contributed by atoms with van der Waals surface area (Å²) in [6.07, 6.45) is -4.40.